The summed E-state index contributed by atoms with van der Waals surface area (Å²) in [6, 6.07) is 6.37. The molecule has 1 heterocycles. The van der Waals surface area contributed by atoms with Crippen LogP contribution in [-0.2, 0) is 20.7 Å². The number of carbonyl (C=O) groups is 2. The molecule has 0 spiro atoms. The number of benzene rings is 1. The van der Waals surface area contributed by atoms with Crippen molar-refractivity contribution in [2.24, 2.45) is 11.7 Å². The second-order valence-corrected chi connectivity index (χ2v) is 5.29. The van der Waals surface area contributed by atoms with E-state index in [1.165, 1.54) is 0 Å². The Balaban J connectivity index is 1.98. The minimum atomic E-state index is -0.718. The van der Waals surface area contributed by atoms with Crippen molar-refractivity contribution < 1.29 is 14.3 Å². The van der Waals surface area contributed by atoms with Gasteiger partial charge in [0.1, 0.15) is 6.04 Å². The van der Waals surface area contributed by atoms with E-state index >= 15 is 0 Å². The highest BCUT2D eigenvalue weighted by molar-refractivity contribution is 6.30. The largest absolute Gasteiger partial charge is 0.381 e. The van der Waals surface area contributed by atoms with Gasteiger partial charge in [-0.15, -0.1) is 0 Å². The van der Waals surface area contributed by atoms with Gasteiger partial charge in [0.2, 0.25) is 11.8 Å². The summed E-state index contributed by atoms with van der Waals surface area (Å²) < 4.78 is 5.16. The van der Waals surface area contributed by atoms with E-state index in [4.69, 9.17) is 22.1 Å². The first kappa shape index (κ1) is 14.8. The third-order valence-electron chi connectivity index (χ3n) is 3.31. The molecule has 20 heavy (non-hydrogen) atoms. The summed E-state index contributed by atoms with van der Waals surface area (Å²) in [5, 5.41) is 3.32. The van der Waals surface area contributed by atoms with Gasteiger partial charge in [-0.1, -0.05) is 23.7 Å². The van der Waals surface area contributed by atoms with E-state index in [9.17, 15) is 9.59 Å². The van der Waals surface area contributed by atoms with E-state index in [0.29, 0.717) is 31.1 Å². The molecule has 3 N–H and O–H groups in total. The minimum Gasteiger partial charge on any atom is -0.381 e. The molecule has 108 valence electrons. The topological polar surface area (TPSA) is 81.4 Å². The number of rotatable bonds is 5. The molecule has 0 aliphatic carbocycles. The molecule has 1 aromatic carbocycles. The number of hydrogen-bond donors (Lipinski definition) is 2. The highest BCUT2D eigenvalue weighted by Gasteiger charge is 2.27. The van der Waals surface area contributed by atoms with Crippen molar-refractivity contribution in [3.8, 4) is 0 Å². The quantitative estimate of drug-likeness (QED) is 0.846. The normalized spacial score (nSPS) is 19.6. The van der Waals surface area contributed by atoms with Gasteiger partial charge >= 0.3 is 0 Å². The Morgan fingerprint density at radius 2 is 2.10 bits per heavy atom. The average molecular weight is 297 g/mol. The van der Waals surface area contributed by atoms with Gasteiger partial charge in [0.25, 0.3) is 0 Å². The molecule has 0 saturated carbocycles. The van der Waals surface area contributed by atoms with Crippen LogP contribution in [0.25, 0.3) is 0 Å². The van der Waals surface area contributed by atoms with E-state index in [1.54, 1.807) is 12.1 Å². The van der Waals surface area contributed by atoms with E-state index < -0.39 is 11.9 Å². The van der Waals surface area contributed by atoms with Crippen LogP contribution in [0.3, 0.4) is 0 Å². The fraction of sp³-hybridized carbons (Fsp3) is 0.429. The van der Waals surface area contributed by atoms with Gasteiger partial charge in [-0.3, -0.25) is 9.59 Å². The van der Waals surface area contributed by atoms with Crippen molar-refractivity contribution in [3.05, 3.63) is 34.9 Å². The highest BCUT2D eigenvalue weighted by Crippen LogP contribution is 2.14. The average Bonchev–Trinajstić information content (AvgIpc) is 2.94. The van der Waals surface area contributed by atoms with Crippen LogP contribution in [-0.4, -0.2) is 31.1 Å². The van der Waals surface area contributed by atoms with Crippen LogP contribution in [0.4, 0.5) is 0 Å². The zero-order chi connectivity index (χ0) is 14.5. The highest BCUT2D eigenvalue weighted by atomic mass is 35.5. The van der Waals surface area contributed by atoms with Crippen LogP contribution in [0.2, 0.25) is 5.02 Å². The van der Waals surface area contributed by atoms with Gasteiger partial charge in [-0.25, -0.2) is 0 Å². The molecular formula is C14H17ClN2O3. The number of halogens is 1. The van der Waals surface area contributed by atoms with Crippen LogP contribution in [0.5, 0.6) is 0 Å². The second kappa shape index (κ2) is 6.72. The molecule has 1 aromatic rings. The molecule has 1 aliphatic heterocycles. The Bertz CT molecular complexity index is 484. The molecule has 0 unspecified atom stereocenters. The molecule has 2 atom stereocenters. The van der Waals surface area contributed by atoms with Crippen molar-refractivity contribution in [1.29, 1.82) is 0 Å². The number of primary amides is 1. The molecular weight excluding hydrogens is 280 g/mol. The lowest BCUT2D eigenvalue weighted by Crippen LogP contribution is -2.48. The molecule has 0 radical (unpaired) electrons. The van der Waals surface area contributed by atoms with Gasteiger partial charge < -0.3 is 15.8 Å². The van der Waals surface area contributed by atoms with E-state index in [2.05, 4.69) is 5.32 Å². The number of nitrogens with one attached hydrogen (secondary N) is 1. The van der Waals surface area contributed by atoms with E-state index in [0.717, 1.165) is 5.56 Å². The molecule has 1 saturated heterocycles. The van der Waals surface area contributed by atoms with Crippen LogP contribution in [0.15, 0.2) is 24.3 Å². The Labute approximate surface area is 122 Å². The van der Waals surface area contributed by atoms with Crippen LogP contribution >= 0.6 is 11.6 Å². The van der Waals surface area contributed by atoms with Crippen LogP contribution < -0.4 is 11.1 Å². The van der Waals surface area contributed by atoms with Gasteiger partial charge in [0, 0.05) is 18.1 Å². The van der Waals surface area contributed by atoms with E-state index in [1.807, 2.05) is 12.1 Å². The number of amides is 2. The number of nitrogens with two attached hydrogens (primary N) is 1. The lowest BCUT2D eigenvalue weighted by Gasteiger charge is -2.17. The molecule has 0 aromatic heterocycles. The van der Waals surface area contributed by atoms with Gasteiger partial charge in [0.15, 0.2) is 0 Å². The Hall–Kier alpha value is -1.59. The predicted molar refractivity (Wildman–Crippen MR) is 75.2 cm³/mol. The SMILES string of the molecule is NC(=O)[C@H](Cc1ccc(Cl)cc1)NC(=O)[C@H]1CCOC1. The number of ether oxygens (including phenoxy) is 1. The zero-order valence-corrected chi connectivity index (χ0v) is 11.7. The number of carbonyl (C=O) groups excluding carboxylic acids is 2. The predicted octanol–water partition coefficient (Wildman–Crippen LogP) is 0.889. The molecule has 5 nitrogen and oxygen atoms in total. The summed E-state index contributed by atoms with van der Waals surface area (Å²) in [5.74, 6) is -0.922. The van der Waals surface area contributed by atoms with Crippen molar-refractivity contribution in [2.75, 3.05) is 13.2 Å². The minimum absolute atomic E-state index is 0.180. The zero-order valence-electron chi connectivity index (χ0n) is 11.0. The van der Waals surface area contributed by atoms with Crippen molar-refractivity contribution in [3.63, 3.8) is 0 Å². The fourth-order valence-corrected chi connectivity index (χ4v) is 2.24. The molecule has 0 bridgehead atoms. The molecule has 1 aliphatic rings. The van der Waals surface area contributed by atoms with Crippen LogP contribution in [0.1, 0.15) is 12.0 Å². The molecule has 2 amide bonds. The summed E-state index contributed by atoms with van der Waals surface area (Å²) in [4.78, 5) is 23.5. The Kier molecular flexibility index (Phi) is 4.98. The summed E-state index contributed by atoms with van der Waals surface area (Å²) in [7, 11) is 0. The molecule has 1 fully saturated rings. The maximum absolute atomic E-state index is 12.0. The first-order chi connectivity index (χ1) is 9.56. The third kappa shape index (κ3) is 3.95. The maximum Gasteiger partial charge on any atom is 0.240 e. The van der Waals surface area contributed by atoms with Crippen molar-refractivity contribution in [1.82, 2.24) is 5.32 Å². The smallest absolute Gasteiger partial charge is 0.240 e. The first-order valence-electron chi connectivity index (χ1n) is 6.48. The Morgan fingerprint density at radius 1 is 1.40 bits per heavy atom. The maximum atomic E-state index is 12.0. The second-order valence-electron chi connectivity index (χ2n) is 4.85. The standard InChI is InChI=1S/C14H17ClN2O3/c15-11-3-1-9(2-4-11)7-12(13(16)18)17-14(19)10-5-6-20-8-10/h1-4,10,12H,5-8H2,(H2,16,18)(H,17,19)/t10-,12-/m0/s1. The molecule has 6 heteroatoms. The first-order valence-corrected chi connectivity index (χ1v) is 6.86. The third-order valence-corrected chi connectivity index (χ3v) is 3.57. The van der Waals surface area contributed by atoms with E-state index in [-0.39, 0.29) is 11.8 Å². The van der Waals surface area contributed by atoms with Gasteiger partial charge in [-0.2, -0.15) is 0 Å². The van der Waals surface area contributed by atoms with Crippen molar-refractivity contribution >= 4 is 23.4 Å². The summed E-state index contributed by atoms with van der Waals surface area (Å²) in [6.45, 7) is 0.981. The van der Waals surface area contributed by atoms with Crippen LogP contribution in [0, 0.1) is 5.92 Å². The number of hydrogen-bond acceptors (Lipinski definition) is 3. The lowest BCUT2D eigenvalue weighted by atomic mass is 10.0. The lowest BCUT2D eigenvalue weighted by molar-refractivity contribution is -0.129. The monoisotopic (exact) mass is 296 g/mol. The molecule has 2 rings (SSSR count). The van der Waals surface area contributed by atoms with Gasteiger partial charge in [0.05, 0.1) is 12.5 Å². The Morgan fingerprint density at radius 3 is 2.65 bits per heavy atom. The summed E-state index contributed by atoms with van der Waals surface area (Å²) in [6.07, 6.45) is 1.03. The van der Waals surface area contributed by atoms with Gasteiger partial charge in [-0.05, 0) is 24.1 Å². The fourth-order valence-electron chi connectivity index (χ4n) is 2.11. The summed E-state index contributed by atoms with van der Waals surface area (Å²) in [5.41, 5.74) is 6.24. The van der Waals surface area contributed by atoms with Crippen molar-refractivity contribution in [2.45, 2.75) is 18.9 Å². The summed E-state index contributed by atoms with van der Waals surface area (Å²) >= 11 is 5.81.